The van der Waals surface area contributed by atoms with Crippen molar-refractivity contribution in [1.29, 1.82) is 0 Å². The first-order valence-electron chi connectivity index (χ1n) is 7.40. The van der Waals surface area contributed by atoms with Gasteiger partial charge >= 0.3 is 16.4 Å². The highest BCUT2D eigenvalue weighted by Gasteiger charge is 2.49. The number of fused-ring (bicyclic) bond motifs is 2. The first-order valence-corrected chi connectivity index (χ1v) is 8.76. The molecular weight excluding hydrogens is 358 g/mol. The fourth-order valence-corrected chi connectivity index (χ4v) is 3.28. The molecule has 2 saturated heterocycles. The van der Waals surface area contributed by atoms with E-state index in [1.165, 1.54) is 4.90 Å². The summed E-state index contributed by atoms with van der Waals surface area (Å²) in [5, 5.41) is 0.581. The van der Waals surface area contributed by atoms with Crippen molar-refractivity contribution >= 4 is 22.3 Å². The Morgan fingerprint density at radius 1 is 1.48 bits per heavy atom. The molecule has 0 radical (unpaired) electrons. The molecule has 1 aromatic heterocycles. The molecule has 3 amide bonds. The van der Waals surface area contributed by atoms with Crippen LogP contribution < -0.4 is 5.48 Å². The molecule has 1 aromatic rings. The van der Waals surface area contributed by atoms with Gasteiger partial charge in [0.15, 0.2) is 0 Å². The molecule has 25 heavy (non-hydrogen) atoms. The molecule has 13 heteroatoms. The van der Waals surface area contributed by atoms with Crippen molar-refractivity contribution in [3.63, 3.8) is 0 Å². The van der Waals surface area contributed by atoms with E-state index in [2.05, 4.69) is 14.7 Å². The van der Waals surface area contributed by atoms with Gasteiger partial charge in [0.2, 0.25) is 0 Å². The highest BCUT2D eigenvalue weighted by atomic mass is 32.3. The second-order valence-corrected chi connectivity index (χ2v) is 6.80. The van der Waals surface area contributed by atoms with Crippen LogP contribution in [0.5, 0.6) is 0 Å². The lowest BCUT2D eigenvalue weighted by atomic mass is 10.0. The van der Waals surface area contributed by atoms with E-state index in [4.69, 9.17) is 9.39 Å². The number of hydroxylamine groups is 3. The van der Waals surface area contributed by atoms with E-state index in [1.54, 1.807) is 24.1 Å². The lowest BCUT2D eigenvalue weighted by Crippen LogP contribution is -2.49. The monoisotopic (exact) mass is 375 g/mol. The third-order valence-electron chi connectivity index (χ3n) is 3.95. The summed E-state index contributed by atoms with van der Waals surface area (Å²) in [6.07, 6.45) is 3.97. The van der Waals surface area contributed by atoms with E-state index >= 15 is 0 Å². The molecule has 0 aromatic carbocycles. The molecule has 138 valence electrons. The Hall–Kier alpha value is -2.22. The highest BCUT2D eigenvalue weighted by molar-refractivity contribution is 7.80. The number of nitrogens with one attached hydrogen (secondary N) is 1. The first-order chi connectivity index (χ1) is 11.7. The quantitative estimate of drug-likeness (QED) is 0.475. The molecular formula is C12H17N5O7S. The molecule has 0 spiro atoms. The molecule has 2 atom stereocenters. The Bertz CT molecular complexity index is 779. The van der Waals surface area contributed by atoms with Gasteiger partial charge in [-0.1, -0.05) is 0 Å². The van der Waals surface area contributed by atoms with E-state index in [9.17, 15) is 18.0 Å². The number of urea groups is 1. The number of imidazole rings is 1. The third-order valence-corrected chi connectivity index (χ3v) is 4.30. The number of carbonyl (C=O) groups excluding carboxylic acids is 2. The summed E-state index contributed by atoms with van der Waals surface area (Å²) >= 11 is 0. The summed E-state index contributed by atoms with van der Waals surface area (Å²) in [7, 11) is -3.02. The highest BCUT2D eigenvalue weighted by Crippen LogP contribution is 2.30. The molecule has 0 saturated carbocycles. The van der Waals surface area contributed by atoms with Crippen LogP contribution in [0.15, 0.2) is 12.5 Å². The molecule has 0 aliphatic carbocycles. The number of rotatable bonds is 6. The Balaban J connectivity index is 1.56. The Morgan fingerprint density at radius 3 is 2.88 bits per heavy atom. The number of aromatic nitrogens is 2. The minimum atomic E-state index is -4.82. The van der Waals surface area contributed by atoms with Crippen LogP contribution in [0, 0.1) is 0 Å². The molecule has 2 aliphatic heterocycles. The zero-order valence-corrected chi connectivity index (χ0v) is 14.0. The standard InChI is InChI=1S/C12H17N5O7S/c1-15-4-8(13-7-15)6-23-14-11(18)10-3-2-9-5-16(10)12(19)17(9)24-25(20,21)22/h4,7,9-10H,2-3,5-6H2,1H3,(H,14,18)(H,20,21,22)/t9-,10+/m1/s1. The fourth-order valence-electron chi connectivity index (χ4n) is 2.89. The maximum absolute atomic E-state index is 12.2. The topological polar surface area (TPSA) is 143 Å². The Kier molecular flexibility index (Phi) is 4.64. The maximum atomic E-state index is 12.2. The van der Waals surface area contributed by atoms with Gasteiger partial charge in [0, 0.05) is 19.8 Å². The number of aryl methyl sites for hydroxylation is 1. The average Bonchev–Trinajstić information content (AvgIpc) is 3.04. The number of hydrogen-bond acceptors (Lipinski definition) is 7. The van der Waals surface area contributed by atoms with Crippen molar-refractivity contribution in [2.24, 2.45) is 7.05 Å². The summed E-state index contributed by atoms with van der Waals surface area (Å²) < 4.78 is 36.4. The van der Waals surface area contributed by atoms with E-state index in [0.717, 1.165) is 0 Å². The van der Waals surface area contributed by atoms with Gasteiger partial charge in [-0.15, -0.1) is 4.28 Å². The van der Waals surface area contributed by atoms with Gasteiger partial charge in [-0.25, -0.2) is 15.3 Å². The van der Waals surface area contributed by atoms with Crippen LogP contribution in [0.25, 0.3) is 0 Å². The number of nitrogens with zero attached hydrogens (tertiary/aromatic N) is 4. The molecule has 0 unspecified atom stereocenters. The Labute approximate surface area is 143 Å². The predicted molar refractivity (Wildman–Crippen MR) is 79.5 cm³/mol. The van der Waals surface area contributed by atoms with Crippen LogP contribution in [0.1, 0.15) is 18.5 Å². The number of piperidine rings is 1. The number of carbonyl (C=O) groups is 2. The van der Waals surface area contributed by atoms with E-state index in [1.807, 2.05) is 0 Å². The average molecular weight is 375 g/mol. The van der Waals surface area contributed by atoms with Crippen molar-refractivity contribution in [2.45, 2.75) is 31.5 Å². The summed E-state index contributed by atoms with van der Waals surface area (Å²) in [4.78, 5) is 34.8. The minimum Gasteiger partial charge on any atom is -0.340 e. The van der Waals surface area contributed by atoms with Crippen LogP contribution in [0.2, 0.25) is 0 Å². The molecule has 3 heterocycles. The number of hydrogen-bond donors (Lipinski definition) is 2. The summed E-state index contributed by atoms with van der Waals surface area (Å²) in [6.45, 7) is 0.181. The van der Waals surface area contributed by atoms with Crippen molar-refractivity contribution in [3.05, 3.63) is 18.2 Å². The van der Waals surface area contributed by atoms with Gasteiger partial charge in [0.1, 0.15) is 12.6 Å². The zero-order valence-electron chi connectivity index (χ0n) is 13.2. The van der Waals surface area contributed by atoms with E-state index < -0.39 is 34.4 Å². The minimum absolute atomic E-state index is 0.0634. The smallest absolute Gasteiger partial charge is 0.340 e. The van der Waals surface area contributed by atoms with E-state index in [0.29, 0.717) is 23.6 Å². The van der Waals surface area contributed by atoms with Gasteiger partial charge in [-0.3, -0.25) is 14.2 Å². The lowest BCUT2D eigenvalue weighted by molar-refractivity contribution is -0.140. The Morgan fingerprint density at radius 2 is 2.24 bits per heavy atom. The molecule has 12 nitrogen and oxygen atoms in total. The van der Waals surface area contributed by atoms with Gasteiger partial charge < -0.3 is 9.47 Å². The van der Waals surface area contributed by atoms with Gasteiger partial charge in [-0.05, 0) is 12.8 Å². The summed E-state index contributed by atoms with van der Waals surface area (Å²) in [5.74, 6) is -0.531. The van der Waals surface area contributed by atoms with Gasteiger partial charge in [0.05, 0.1) is 18.1 Å². The molecule has 3 rings (SSSR count). The zero-order chi connectivity index (χ0) is 18.2. The fraction of sp³-hybridized carbons (Fsp3) is 0.583. The largest absolute Gasteiger partial charge is 0.418 e. The van der Waals surface area contributed by atoms with Crippen LogP contribution >= 0.6 is 0 Å². The SMILES string of the molecule is Cn1cnc(CONC(=O)[C@@H]2CC[C@@H]3CN2C(=O)N3OS(=O)(=O)O)c1. The predicted octanol–water partition coefficient (Wildman–Crippen LogP) is -1.03. The summed E-state index contributed by atoms with van der Waals surface area (Å²) in [5.41, 5.74) is 2.89. The van der Waals surface area contributed by atoms with Crippen LogP contribution in [0.3, 0.4) is 0 Å². The van der Waals surface area contributed by atoms with Crippen LogP contribution in [-0.4, -0.2) is 63.1 Å². The first kappa shape index (κ1) is 17.6. The van der Waals surface area contributed by atoms with Crippen molar-refractivity contribution in [1.82, 2.24) is 25.0 Å². The molecule has 2 N–H and O–H groups in total. The van der Waals surface area contributed by atoms with Crippen LogP contribution in [-0.2, 0) is 38.0 Å². The molecule has 2 bridgehead atoms. The molecule has 2 aliphatic rings. The van der Waals surface area contributed by atoms with Crippen molar-refractivity contribution < 1.29 is 31.7 Å². The summed E-state index contributed by atoms with van der Waals surface area (Å²) in [6, 6.07) is -2.17. The van der Waals surface area contributed by atoms with Crippen LogP contribution in [0.4, 0.5) is 4.79 Å². The molecule has 2 fully saturated rings. The normalized spacial score (nSPS) is 23.2. The van der Waals surface area contributed by atoms with Crippen molar-refractivity contribution in [2.75, 3.05) is 6.54 Å². The lowest BCUT2D eigenvalue weighted by Gasteiger charge is -2.28. The van der Waals surface area contributed by atoms with Crippen molar-refractivity contribution in [3.8, 4) is 0 Å². The van der Waals surface area contributed by atoms with Gasteiger partial charge in [0.25, 0.3) is 5.91 Å². The second-order valence-electron chi connectivity index (χ2n) is 5.80. The van der Waals surface area contributed by atoms with E-state index in [-0.39, 0.29) is 13.2 Å². The number of amides is 3. The van der Waals surface area contributed by atoms with Gasteiger partial charge in [-0.2, -0.15) is 13.5 Å². The third kappa shape index (κ3) is 3.89. The second kappa shape index (κ2) is 6.59. The maximum Gasteiger partial charge on any atom is 0.418 e.